The van der Waals surface area contributed by atoms with Crippen LogP contribution < -0.4 is 26.0 Å². The fraction of sp³-hybridized carbons (Fsp3) is 0.276. The molecule has 0 spiro atoms. The van der Waals surface area contributed by atoms with Gasteiger partial charge in [0.25, 0.3) is 0 Å². The highest BCUT2D eigenvalue weighted by molar-refractivity contribution is 6.03. The Kier molecular flexibility index (Phi) is 8.56. The van der Waals surface area contributed by atoms with Crippen molar-refractivity contribution in [2.24, 2.45) is 12.8 Å². The number of methoxy groups -OCH3 is 1. The molecule has 1 atom stereocenters. The van der Waals surface area contributed by atoms with Gasteiger partial charge in [0.15, 0.2) is 0 Å². The molecule has 0 fully saturated rings. The number of primary amides is 1. The van der Waals surface area contributed by atoms with Crippen LogP contribution in [0.15, 0.2) is 61.4 Å². The molecule has 1 amide bonds. The van der Waals surface area contributed by atoms with Crippen LogP contribution in [0.25, 0.3) is 22.2 Å². The number of hydrogen-bond donors (Lipinski definition) is 4. The predicted molar refractivity (Wildman–Crippen MR) is 160 cm³/mol. The van der Waals surface area contributed by atoms with Gasteiger partial charge < -0.3 is 40.6 Å². The Balaban J connectivity index is 1.74. The summed E-state index contributed by atoms with van der Waals surface area (Å²) in [6, 6.07) is 11.0. The monoisotopic (exact) mass is 544 g/mol. The molecule has 0 aliphatic carbocycles. The summed E-state index contributed by atoms with van der Waals surface area (Å²) < 4.78 is 7.65. The van der Waals surface area contributed by atoms with Gasteiger partial charge in [-0.3, -0.25) is 4.79 Å². The molecule has 4 aromatic rings. The average Bonchev–Trinajstić information content (AvgIpc) is 3.31. The number of benzene rings is 2. The standard InChI is InChI=1S/C29H36N8O3/c1-7-27(38)32-22-16-23(26(40-6)17-25(22)37(5)13-12-35(2)3)34-29-31-10-8-21(33-29)20-14-18(28(30)39)15-24-19(20)9-11-36(24)4/h7-11,14-17,27,32,38H,1,12-13H2,2-6H3,(H2,30,39)(H,31,33,34). The lowest BCUT2D eigenvalue weighted by Gasteiger charge is -2.27. The largest absolute Gasteiger partial charge is 0.494 e. The number of hydrogen-bond acceptors (Lipinski definition) is 9. The maximum atomic E-state index is 12.0. The second-order valence-electron chi connectivity index (χ2n) is 9.76. The van der Waals surface area contributed by atoms with Crippen LogP contribution >= 0.6 is 0 Å². The van der Waals surface area contributed by atoms with Crippen molar-refractivity contribution in [3.63, 3.8) is 0 Å². The Morgan fingerprint density at radius 3 is 2.65 bits per heavy atom. The molecule has 0 aliphatic rings. The van der Waals surface area contributed by atoms with Crippen molar-refractivity contribution < 1.29 is 14.6 Å². The lowest BCUT2D eigenvalue weighted by Crippen LogP contribution is -2.29. The van der Waals surface area contributed by atoms with Crippen LogP contribution in [-0.4, -0.2) is 78.0 Å². The molecule has 4 rings (SSSR count). The molecule has 0 radical (unpaired) electrons. The van der Waals surface area contributed by atoms with Crippen LogP contribution in [0.5, 0.6) is 5.75 Å². The second-order valence-corrected chi connectivity index (χ2v) is 9.76. The second kappa shape index (κ2) is 12.1. The summed E-state index contributed by atoms with van der Waals surface area (Å²) in [5.41, 5.74) is 10.4. The number of nitrogens with zero attached hydrogens (tertiary/aromatic N) is 5. The van der Waals surface area contributed by atoms with E-state index in [9.17, 15) is 9.90 Å². The molecule has 210 valence electrons. The fourth-order valence-corrected chi connectivity index (χ4v) is 4.37. The summed E-state index contributed by atoms with van der Waals surface area (Å²) in [5, 5.41) is 17.6. The van der Waals surface area contributed by atoms with Crippen molar-refractivity contribution >= 4 is 39.8 Å². The van der Waals surface area contributed by atoms with Crippen LogP contribution in [0.4, 0.5) is 23.0 Å². The Labute approximate surface area is 233 Å². The number of fused-ring (bicyclic) bond motifs is 1. The summed E-state index contributed by atoms with van der Waals surface area (Å²) in [7, 11) is 9.52. The van der Waals surface area contributed by atoms with E-state index in [1.165, 1.54) is 6.08 Å². The minimum atomic E-state index is -0.951. The first kappa shape index (κ1) is 28.4. The molecule has 40 heavy (non-hydrogen) atoms. The molecule has 0 aliphatic heterocycles. The van der Waals surface area contributed by atoms with E-state index in [1.54, 1.807) is 31.5 Å². The van der Waals surface area contributed by atoms with Crippen molar-refractivity contribution in [3.8, 4) is 17.0 Å². The van der Waals surface area contributed by atoms with Gasteiger partial charge >= 0.3 is 0 Å². The molecule has 11 heteroatoms. The number of anilines is 4. The molecular weight excluding hydrogens is 508 g/mol. The number of carbonyl (C=O) groups excluding carboxylic acids is 1. The highest BCUT2D eigenvalue weighted by Gasteiger charge is 2.18. The molecule has 2 aromatic heterocycles. The number of aromatic nitrogens is 3. The van der Waals surface area contributed by atoms with E-state index >= 15 is 0 Å². The van der Waals surface area contributed by atoms with Gasteiger partial charge in [-0.05, 0) is 50.5 Å². The van der Waals surface area contributed by atoms with Crippen LogP contribution in [-0.2, 0) is 7.05 Å². The highest BCUT2D eigenvalue weighted by Crippen LogP contribution is 2.38. The summed E-state index contributed by atoms with van der Waals surface area (Å²) in [5.74, 6) is 0.382. The van der Waals surface area contributed by atoms with E-state index in [0.29, 0.717) is 34.3 Å². The van der Waals surface area contributed by atoms with Gasteiger partial charge in [-0.25, -0.2) is 9.97 Å². The third-order valence-corrected chi connectivity index (χ3v) is 6.60. The summed E-state index contributed by atoms with van der Waals surface area (Å²) in [6.07, 6.45) is 4.03. The van der Waals surface area contributed by atoms with Crippen LogP contribution in [0.2, 0.25) is 0 Å². The number of nitrogens with two attached hydrogens (primary N) is 1. The van der Waals surface area contributed by atoms with Gasteiger partial charge in [0.1, 0.15) is 12.0 Å². The van der Waals surface area contributed by atoms with Crippen molar-refractivity contribution in [2.75, 3.05) is 56.9 Å². The lowest BCUT2D eigenvalue weighted by molar-refractivity contribution is 0.100. The van der Waals surface area contributed by atoms with Gasteiger partial charge in [0.2, 0.25) is 11.9 Å². The third kappa shape index (κ3) is 6.16. The van der Waals surface area contributed by atoms with E-state index in [4.69, 9.17) is 15.5 Å². The van der Waals surface area contributed by atoms with Gasteiger partial charge in [-0.2, -0.15) is 0 Å². The zero-order valence-electron chi connectivity index (χ0n) is 23.5. The Morgan fingerprint density at radius 1 is 1.20 bits per heavy atom. The number of aryl methyl sites for hydroxylation is 1. The first-order valence-electron chi connectivity index (χ1n) is 12.8. The Morgan fingerprint density at radius 2 is 1.98 bits per heavy atom. The number of nitrogens with one attached hydrogen (secondary N) is 2. The summed E-state index contributed by atoms with van der Waals surface area (Å²) in [4.78, 5) is 25.4. The SMILES string of the molecule is C=CC(O)Nc1cc(Nc2nccc(-c3cc(C(N)=O)cc4c3ccn4C)n2)c(OC)cc1N(C)CCN(C)C. The van der Waals surface area contributed by atoms with Gasteiger partial charge in [-0.1, -0.05) is 6.58 Å². The number of ether oxygens (including phenoxy) is 1. The van der Waals surface area contributed by atoms with Gasteiger partial charge in [-0.15, -0.1) is 0 Å². The Bertz CT molecular complexity index is 1530. The molecular formula is C29H36N8O3. The minimum Gasteiger partial charge on any atom is -0.494 e. The summed E-state index contributed by atoms with van der Waals surface area (Å²) >= 11 is 0. The van der Waals surface area contributed by atoms with Crippen LogP contribution in [0, 0.1) is 0 Å². The fourth-order valence-electron chi connectivity index (χ4n) is 4.37. The molecule has 5 N–H and O–H groups in total. The quantitative estimate of drug-likeness (QED) is 0.156. The maximum Gasteiger partial charge on any atom is 0.248 e. The van der Waals surface area contributed by atoms with Crippen molar-refractivity contribution in [2.45, 2.75) is 6.23 Å². The number of amides is 1. The molecule has 2 heterocycles. The van der Waals surface area contributed by atoms with Gasteiger partial charge in [0.05, 0.1) is 29.9 Å². The zero-order valence-corrected chi connectivity index (χ0v) is 23.5. The van der Waals surface area contributed by atoms with Gasteiger partial charge in [0, 0.05) is 67.7 Å². The number of carbonyl (C=O) groups is 1. The number of aliphatic hydroxyl groups excluding tert-OH is 1. The van der Waals surface area contributed by atoms with Crippen molar-refractivity contribution in [3.05, 3.63) is 67.0 Å². The molecule has 0 saturated heterocycles. The van der Waals surface area contributed by atoms with Crippen LogP contribution in [0.1, 0.15) is 10.4 Å². The Hall–Kier alpha value is -4.61. The van der Waals surface area contributed by atoms with Crippen molar-refractivity contribution in [1.82, 2.24) is 19.4 Å². The summed E-state index contributed by atoms with van der Waals surface area (Å²) in [6.45, 7) is 5.27. The normalized spacial score (nSPS) is 11.9. The molecule has 1 unspecified atom stereocenters. The van der Waals surface area contributed by atoms with E-state index in [1.807, 2.05) is 57.2 Å². The predicted octanol–water partition coefficient (Wildman–Crippen LogP) is 3.40. The van der Waals surface area contributed by atoms with E-state index in [0.717, 1.165) is 35.2 Å². The maximum absolute atomic E-state index is 12.0. The zero-order chi connectivity index (χ0) is 29.0. The first-order chi connectivity index (χ1) is 19.1. The first-order valence-corrected chi connectivity index (χ1v) is 12.8. The molecule has 0 bridgehead atoms. The van der Waals surface area contributed by atoms with Crippen molar-refractivity contribution in [1.29, 1.82) is 0 Å². The smallest absolute Gasteiger partial charge is 0.248 e. The lowest BCUT2D eigenvalue weighted by atomic mass is 10.0. The van der Waals surface area contributed by atoms with E-state index in [-0.39, 0.29) is 0 Å². The number of likely N-dealkylation sites (N-methyl/N-ethyl adjacent to an activating group) is 2. The number of rotatable bonds is 12. The average molecular weight is 545 g/mol. The number of aliphatic hydroxyl groups is 1. The topological polar surface area (TPSA) is 134 Å². The molecule has 0 saturated carbocycles. The molecule has 2 aromatic carbocycles. The minimum absolute atomic E-state index is 0.327. The van der Waals surface area contributed by atoms with Crippen LogP contribution in [0.3, 0.4) is 0 Å². The highest BCUT2D eigenvalue weighted by atomic mass is 16.5. The van der Waals surface area contributed by atoms with E-state index < -0.39 is 12.1 Å². The molecule has 11 nitrogen and oxygen atoms in total. The van der Waals surface area contributed by atoms with E-state index in [2.05, 4.69) is 32.0 Å². The third-order valence-electron chi connectivity index (χ3n) is 6.60.